The van der Waals surface area contributed by atoms with Crippen molar-refractivity contribution < 1.29 is 4.42 Å². The van der Waals surface area contributed by atoms with Crippen LogP contribution in [0.25, 0.3) is 11.5 Å². The van der Waals surface area contributed by atoms with E-state index in [1.165, 1.54) is 0 Å². The highest BCUT2D eigenvalue weighted by Crippen LogP contribution is 2.25. The van der Waals surface area contributed by atoms with Crippen molar-refractivity contribution in [2.75, 3.05) is 11.9 Å². The summed E-state index contributed by atoms with van der Waals surface area (Å²) in [5, 5.41) is 12.0. The Labute approximate surface area is 107 Å². The molecular weight excluding hydrogens is 282 g/mol. The second-order valence-electron chi connectivity index (χ2n) is 3.34. The molecule has 17 heavy (non-hydrogen) atoms. The molecule has 0 saturated heterocycles. The molecule has 86 valence electrons. The molecule has 0 radical (unpaired) electrons. The van der Waals surface area contributed by atoms with Gasteiger partial charge >= 0.3 is 0 Å². The third kappa shape index (κ3) is 2.48. The minimum absolute atomic E-state index is 0.529. The fourth-order valence-corrected chi connectivity index (χ4v) is 1.75. The molecule has 2 rings (SSSR count). The predicted octanol–water partition coefficient (Wildman–Crippen LogP) is 3.41. The van der Waals surface area contributed by atoms with E-state index in [4.69, 9.17) is 9.68 Å². The number of furan rings is 1. The number of anilines is 1. The van der Waals surface area contributed by atoms with Crippen molar-refractivity contribution in [2.45, 2.75) is 6.92 Å². The molecule has 0 aliphatic rings. The largest absolute Gasteiger partial charge is 0.448 e. The molecule has 5 heteroatoms. The van der Waals surface area contributed by atoms with Crippen molar-refractivity contribution in [3.63, 3.8) is 0 Å². The van der Waals surface area contributed by atoms with E-state index >= 15 is 0 Å². The van der Waals surface area contributed by atoms with Crippen molar-refractivity contribution in [3.8, 4) is 17.5 Å². The minimum Gasteiger partial charge on any atom is -0.448 e. The summed E-state index contributed by atoms with van der Waals surface area (Å²) in [7, 11) is 0. The summed E-state index contributed by atoms with van der Waals surface area (Å²) in [5.41, 5.74) is 1.23. The number of hydrogen-bond donors (Lipinski definition) is 1. The molecule has 4 nitrogen and oxygen atoms in total. The molecule has 2 aromatic rings. The van der Waals surface area contributed by atoms with Crippen LogP contribution >= 0.6 is 15.9 Å². The van der Waals surface area contributed by atoms with Crippen LogP contribution in [-0.4, -0.2) is 11.5 Å². The molecule has 0 aromatic carbocycles. The predicted molar refractivity (Wildman–Crippen MR) is 68.5 cm³/mol. The van der Waals surface area contributed by atoms with Crippen LogP contribution in [-0.2, 0) is 0 Å². The zero-order chi connectivity index (χ0) is 12.3. The lowest BCUT2D eigenvalue weighted by molar-refractivity contribution is 0.554. The topological polar surface area (TPSA) is 61.9 Å². The summed E-state index contributed by atoms with van der Waals surface area (Å²) >= 11 is 3.24. The molecule has 2 heterocycles. The average Bonchev–Trinajstić information content (AvgIpc) is 2.76. The van der Waals surface area contributed by atoms with Crippen LogP contribution in [0.2, 0.25) is 0 Å². The van der Waals surface area contributed by atoms with E-state index in [1.807, 2.05) is 19.1 Å². The summed E-state index contributed by atoms with van der Waals surface area (Å²) in [6.45, 7) is 2.67. The van der Waals surface area contributed by atoms with Crippen LogP contribution in [0.15, 0.2) is 33.4 Å². The van der Waals surface area contributed by atoms with Crippen molar-refractivity contribution in [1.29, 1.82) is 5.26 Å². The fourth-order valence-electron chi connectivity index (χ4n) is 1.44. The first-order chi connectivity index (χ1) is 8.24. The van der Waals surface area contributed by atoms with Gasteiger partial charge in [-0.1, -0.05) is 0 Å². The Morgan fingerprint density at radius 2 is 2.24 bits per heavy atom. The van der Waals surface area contributed by atoms with Gasteiger partial charge in [-0.25, -0.2) is 4.98 Å². The summed E-state index contributed by atoms with van der Waals surface area (Å²) in [6.07, 6.45) is 0. The van der Waals surface area contributed by atoms with Gasteiger partial charge in [-0.3, -0.25) is 0 Å². The van der Waals surface area contributed by atoms with E-state index in [2.05, 4.69) is 32.3 Å². The van der Waals surface area contributed by atoms with Crippen molar-refractivity contribution in [2.24, 2.45) is 0 Å². The van der Waals surface area contributed by atoms with Gasteiger partial charge in [-0.15, -0.1) is 0 Å². The second-order valence-corrected chi connectivity index (χ2v) is 4.12. The van der Waals surface area contributed by atoms with Crippen molar-refractivity contribution >= 4 is 21.7 Å². The van der Waals surface area contributed by atoms with Crippen molar-refractivity contribution in [3.05, 3.63) is 34.5 Å². The first-order valence-corrected chi connectivity index (χ1v) is 5.94. The number of nitrogens with one attached hydrogen (secondary N) is 1. The molecule has 0 saturated carbocycles. The lowest BCUT2D eigenvalue weighted by Gasteiger charge is -2.05. The van der Waals surface area contributed by atoms with E-state index in [0.717, 1.165) is 0 Å². The summed E-state index contributed by atoms with van der Waals surface area (Å²) in [6, 6.07) is 9.24. The Morgan fingerprint density at radius 1 is 1.41 bits per heavy atom. The van der Waals surface area contributed by atoms with Gasteiger partial charge in [0.1, 0.15) is 17.6 Å². The van der Waals surface area contributed by atoms with E-state index < -0.39 is 0 Å². The Hall–Kier alpha value is -1.80. The molecule has 2 aromatic heterocycles. The molecule has 0 aliphatic heterocycles. The monoisotopic (exact) mass is 291 g/mol. The number of rotatable bonds is 3. The number of aromatic nitrogens is 1. The number of nitriles is 1. The summed E-state index contributed by atoms with van der Waals surface area (Å²) in [4.78, 5) is 4.37. The molecular formula is C12H10BrN3O. The Bertz CT molecular complexity index is 571. The van der Waals surface area contributed by atoms with E-state index in [0.29, 0.717) is 34.0 Å². The maximum Gasteiger partial charge on any atom is 0.169 e. The molecule has 0 atom stereocenters. The zero-order valence-corrected chi connectivity index (χ0v) is 10.8. The lowest BCUT2D eigenvalue weighted by atomic mass is 10.2. The van der Waals surface area contributed by atoms with Crippen molar-refractivity contribution in [1.82, 2.24) is 4.98 Å². The van der Waals surface area contributed by atoms with E-state index in [-0.39, 0.29) is 0 Å². The second kappa shape index (κ2) is 5.02. The van der Waals surface area contributed by atoms with Gasteiger partial charge in [0, 0.05) is 6.54 Å². The molecule has 0 bridgehead atoms. The van der Waals surface area contributed by atoms with Crippen LogP contribution in [0, 0.1) is 11.3 Å². The summed E-state index contributed by atoms with van der Waals surface area (Å²) in [5.74, 6) is 1.25. The smallest absolute Gasteiger partial charge is 0.169 e. The van der Waals surface area contributed by atoms with Crippen LogP contribution < -0.4 is 5.32 Å². The number of nitrogens with zero attached hydrogens (tertiary/aromatic N) is 2. The van der Waals surface area contributed by atoms with Gasteiger partial charge in [-0.2, -0.15) is 5.26 Å². The summed E-state index contributed by atoms with van der Waals surface area (Å²) < 4.78 is 6.08. The zero-order valence-electron chi connectivity index (χ0n) is 9.20. The maximum atomic E-state index is 8.95. The average molecular weight is 292 g/mol. The SMILES string of the molecule is CCNc1nc(-c2ccc(Br)o2)ccc1C#N. The van der Waals surface area contributed by atoms with E-state index in [1.54, 1.807) is 12.1 Å². The number of halogens is 1. The highest BCUT2D eigenvalue weighted by molar-refractivity contribution is 9.10. The van der Waals surface area contributed by atoms with Gasteiger partial charge < -0.3 is 9.73 Å². The first kappa shape index (κ1) is 11.7. The Morgan fingerprint density at radius 3 is 2.82 bits per heavy atom. The lowest BCUT2D eigenvalue weighted by Crippen LogP contribution is -2.02. The number of hydrogen-bond acceptors (Lipinski definition) is 4. The Balaban J connectivity index is 2.44. The quantitative estimate of drug-likeness (QED) is 0.941. The number of pyridine rings is 1. The normalized spacial score (nSPS) is 9.94. The molecule has 0 aliphatic carbocycles. The Kier molecular flexibility index (Phi) is 3.45. The van der Waals surface area contributed by atoms with E-state index in [9.17, 15) is 0 Å². The highest BCUT2D eigenvalue weighted by Gasteiger charge is 2.09. The minimum atomic E-state index is 0.529. The molecule has 0 spiro atoms. The molecule has 0 unspecified atom stereocenters. The van der Waals surface area contributed by atoms with Gasteiger partial charge in [0.2, 0.25) is 0 Å². The molecule has 0 fully saturated rings. The van der Waals surface area contributed by atoms with Gasteiger partial charge in [0.05, 0.1) is 5.56 Å². The fraction of sp³-hybridized carbons (Fsp3) is 0.167. The van der Waals surface area contributed by atoms with Crippen LogP contribution in [0.1, 0.15) is 12.5 Å². The maximum absolute atomic E-state index is 8.95. The first-order valence-electron chi connectivity index (χ1n) is 5.15. The van der Waals surface area contributed by atoms with Gasteiger partial charge in [0.25, 0.3) is 0 Å². The standard InChI is InChI=1S/C12H10BrN3O/c1-2-15-12-8(7-14)3-4-9(16-12)10-5-6-11(13)17-10/h3-6H,2H2,1H3,(H,15,16). The third-order valence-corrected chi connectivity index (χ3v) is 2.61. The van der Waals surface area contributed by atoms with Crippen LogP contribution in [0.3, 0.4) is 0 Å². The van der Waals surface area contributed by atoms with Gasteiger partial charge in [0.15, 0.2) is 10.4 Å². The van der Waals surface area contributed by atoms with Crippen LogP contribution in [0.4, 0.5) is 5.82 Å². The molecule has 0 amide bonds. The molecule has 1 N–H and O–H groups in total. The third-order valence-electron chi connectivity index (χ3n) is 2.19. The van der Waals surface area contributed by atoms with Gasteiger partial charge in [-0.05, 0) is 47.1 Å². The van der Waals surface area contributed by atoms with Crippen LogP contribution in [0.5, 0.6) is 0 Å². The highest BCUT2D eigenvalue weighted by atomic mass is 79.9.